The molecule has 9 heteroatoms. The molecule has 2 atom stereocenters. The molecule has 170 valence electrons. The van der Waals surface area contributed by atoms with E-state index in [2.05, 4.69) is 0 Å². The third-order valence-corrected chi connectivity index (χ3v) is 9.09. The molecule has 5 rings (SSSR count). The number of benzene rings is 1. The summed E-state index contributed by atoms with van der Waals surface area (Å²) in [5.74, 6) is -1.55. The summed E-state index contributed by atoms with van der Waals surface area (Å²) >= 11 is 0. The van der Waals surface area contributed by atoms with Gasteiger partial charge in [-0.25, -0.2) is 8.42 Å². The van der Waals surface area contributed by atoms with Gasteiger partial charge in [0.25, 0.3) is 0 Å². The van der Waals surface area contributed by atoms with Crippen LogP contribution in [0.3, 0.4) is 0 Å². The lowest BCUT2D eigenvalue weighted by Crippen LogP contribution is -2.53. The number of imide groups is 1. The average Bonchev–Trinajstić information content (AvgIpc) is 3.38. The highest BCUT2D eigenvalue weighted by molar-refractivity contribution is 7.89. The van der Waals surface area contributed by atoms with Crippen LogP contribution in [-0.4, -0.2) is 73.0 Å². The van der Waals surface area contributed by atoms with Crippen molar-refractivity contribution in [3.8, 4) is 0 Å². The maximum Gasteiger partial charge on any atom is 0.243 e. The Hall–Kier alpha value is -2.52. The van der Waals surface area contributed by atoms with E-state index in [0.29, 0.717) is 17.7 Å². The number of carbonyl (C=O) groups is 3. The van der Waals surface area contributed by atoms with Crippen LogP contribution in [0.1, 0.15) is 30.4 Å². The maximum absolute atomic E-state index is 13.1. The van der Waals surface area contributed by atoms with Crippen LogP contribution in [0.2, 0.25) is 0 Å². The van der Waals surface area contributed by atoms with Crippen LogP contribution in [0.4, 0.5) is 0 Å². The molecule has 0 N–H and O–H groups in total. The topological polar surface area (TPSA) is 95.1 Å². The fraction of sp³-hybridized carbons (Fsp3) is 0.522. The molecule has 1 aromatic rings. The first-order chi connectivity index (χ1) is 15.4. The number of amides is 3. The van der Waals surface area contributed by atoms with E-state index >= 15 is 0 Å². The van der Waals surface area contributed by atoms with E-state index in [1.165, 1.54) is 9.87 Å². The van der Waals surface area contributed by atoms with Crippen molar-refractivity contribution in [2.75, 3.05) is 32.7 Å². The maximum atomic E-state index is 13.1. The van der Waals surface area contributed by atoms with Crippen LogP contribution < -0.4 is 0 Å². The number of hydrogen-bond acceptors (Lipinski definition) is 5. The normalized spacial score (nSPS) is 25.9. The zero-order valence-corrected chi connectivity index (χ0v) is 18.7. The second kappa shape index (κ2) is 8.12. The number of fused-ring (bicyclic) bond motifs is 2. The molecule has 2 saturated heterocycles. The molecule has 2 aliphatic carbocycles. The third kappa shape index (κ3) is 3.57. The van der Waals surface area contributed by atoms with Gasteiger partial charge < -0.3 is 4.90 Å². The van der Waals surface area contributed by atoms with Gasteiger partial charge >= 0.3 is 0 Å². The van der Waals surface area contributed by atoms with E-state index in [1.807, 2.05) is 18.2 Å². The van der Waals surface area contributed by atoms with Crippen molar-refractivity contribution in [1.29, 1.82) is 0 Å². The number of sulfonamides is 1. The first-order valence-corrected chi connectivity index (χ1v) is 12.7. The quantitative estimate of drug-likeness (QED) is 0.496. The van der Waals surface area contributed by atoms with Gasteiger partial charge in [0.15, 0.2) is 0 Å². The summed E-state index contributed by atoms with van der Waals surface area (Å²) in [5.41, 5.74) is 2.33. The summed E-state index contributed by atoms with van der Waals surface area (Å²) < 4.78 is 27.6. The van der Waals surface area contributed by atoms with Crippen molar-refractivity contribution >= 4 is 27.7 Å². The van der Waals surface area contributed by atoms with Crippen molar-refractivity contribution < 1.29 is 22.8 Å². The standard InChI is InChI=1S/C23H27N3O5S/c27-21(15-26-22(28)19-6-1-2-7-20(19)23(26)29)24-10-12-25(13-11-24)32(30,31)18-9-8-16-4-3-5-17(16)14-18/h1-2,8-9,14,19-20H,3-7,10-13,15H2/t19-,20-/m1/s1. The summed E-state index contributed by atoms with van der Waals surface area (Å²) in [7, 11) is -3.62. The van der Waals surface area contributed by atoms with Crippen molar-refractivity contribution in [2.45, 2.75) is 37.0 Å². The monoisotopic (exact) mass is 457 g/mol. The molecule has 1 aromatic carbocycles. The number of aryl methyl sites for hydroxylation is 2. The molecular weight excluding hydrogens is 430 g/mol. The zero-order chi connectivity index (χ0) is 22.5. The molecule has 2 heterocycles. The molecule has 0 saturated carbocycles. The minimum Gasteiger partial charge on any atom is -0.338 e. The Bertz CT molecular complexity index is 1080. The highest BCUT2D eigenvalue weighted by atomic mass is 32.2. The SMILES string of the molecule is O=C(CN1C(=O)[C@@H]2CC=CC[C@H]2C1=O)N1CCN(S(=O)(=O)c2ccc3c(c2)CCC3)CC1. The second-order valence-electron chi connectivity index (χ2n) is 8.99. The van der Waals surface area contributed by atoms with Gasteiger partial charge in [-0.3, -0.25) is 19.3 Å². The zero-order valence-electron chi connectivity index (χ0n) is 17.9. The predicted octanol–water partition coefficient (Wildman–Crippen LogP) is 0.959. The Morgan fingerprint density at radius 3 is 2.19 bits per heavy atom. The van der Waals surface area contributed by atoms with E-state index in [9.17, 15) is 22.8 Å². The highest BCUT2D eigenvalue weighted by Gasteiger charge is 2.48. The molecule has 3 amide bonds. The third-order valence-electron chi connectivity index (χ3n) is 7.19. The van der Waals surface area contributed by atoms with Crippen LogP contribution in [0.15, 0.2) is 35.2 Å². The molecular formula is C23H27N3O5S. The Labute approximate surface area is 187 Å². The number of piperazine rings is 1. The van der Waals surface area contributed by atoms with E-state index < -0.39 is 10.0 Å². The van der Waals surface area contributed by atoms with Gasteiger partial charge in [-0.1, -0.05) is 18.2 Å². The second-order valence-corrected chi connectivity index (χ2v) is 10.9. The smallest absolute Gasteiger partial charge is 0.243 e. The Morgan fingerprint density at radius 2 is 1.53 bits per heavy atom. The van der Waals surface area contributed by atoms with Crippen molar-refractivity contribution in [1.82, 2.24) is 14.1 Å². The minimum atomic E-state index is -3.62. The Balaban J connectivity index is 1.21. The molecule has 0 aromatic heterocycles. The number of rotatable bonds is 4. The number of nitrogens with zero attached hydrogens (tertiary/aromatic N) is 3. The van der Waals surface area contributed by atoms with Gasteiger partial charge in [-0.05, 0) is 55.4 Å². The number of allylic oxidation sites excluding steroid dienone is 2. The van der Waals surface area contributed by atoms with Gasteiger partial charge in [-0.2, -0.15) is 4.31 Å². The van der Waals surface area contributed by atoms with Crippen LogP contribution in [0.5, 0.6) is 0 Å². The van der Waals surface area contributed by atoms with E-state index in [1.54, 1.807) is 17.0 Å². The Morgan fingerprint density at radius 1 is 0.906 bits per heavy atom. The van der Waals surface area contributed by atoms with Crippen LogP contribution in [0.25, 0.3) is 0 Å². The van der Waals surface area contributed by atoms with E-state index in [0.717, 1.165) is 29.7 Å². The summed E-state index contributed by atoms with van der Waals surface area (Å²) in [5, 5.41) is 0. The molecule has 2 aliphatic heterocycles. The molecule has 0 bridgehead atoms. The van der Waals surface area contributed by atoms with E-state index in [-0.39, 0.29) is 62.3 Å². The van der Waals surface area contributed by atoms with Crippen molar-refractivity contribution in [2.24, 2.45) is 11.8 Å². The highest BCUT2D eigenvalue weighted by Crippen LogP contribution is 2.35. The minimum absolute atomic E-state index is 0.197. The molecule has 0 radical (unpaired) electrons. The number of likely N-dealkylation sites (tertiary alicyclic amines) is 1. The van der Waals surface area contributed by atoms with Gasteiger partial charge in [0.1, 0.15) is 6.54 Å². The van der Waals surface area contributed by atoms with Gasteiger partial charge in [0.05, 0.1) is 16.7 Å². The molecule has 4 aliphatic rings. The number of carbonyl (C=O) groups excluding carboxylic acids is 3. The first kappa shape index (κ1) is 21.3. The van der Waals surface area contributed by atoms with Gasteiger partial charge in [0, 0.05) is 26.2 Å². The largest absolute Gasteiger partial charge is 0.338 e. The van der Waals surface area contributed by atoms with Crippen molar-refractivity contribution in [3.63, 3.8) is 0 Å². The lowest BCUT2D eigenvalue weighted by atomic mass is 9.85. The molecule has 32 heavy (non-hydrogen) atoms. The molecule has 8 nitrogen and oxygen atoms in total. The van der Waals surface area contributed by atoms with Crippen molar-refractivity contribution in [3.05, 3.63) is 41.5 Å². The van der Waals surface area contributed by atoms with Crippen LogP contribution in [0, 0.1) is 11.8 Å². The van der Waals surface area contributed by atoms with Crippen LogP contribution in [-0.2, 0) is 37.2 Å². The summed E-state index contributed by atoms with van der Waals surface area (Å²) in [6, 6.07) is 5.37. The molecule has 2 fully saturated rings. The summed E-state index contributed by atoms with van der Waals surface area (Å²) in [4.78, 5) is 41.0. The first-order valence-electron chi connectivity index (χ1n) is 11.3. The lowest BCUT2D eigenvalue weighted by molar-refractivity contribution is -0.147. The van der Waals surface area contributed by atoms with Gasteiger partial charge in [-0.15, -0.1) is 0 Å². The summed E-state index contributed by atoms with van der Waals surface area (Å²) in [6.45, 7) is 0.619. The predicted molar refractivity (Wildman–Crippen MR) is 116 cm³/mol. The molecule has 0 unspecified atom stereocenters. The Kier molecular flexibility index (Phi) is 5.41. The summed E-state index contributed by atoms with van der Waals surface area (Å²) in [6.07, 6.45) is 7.87. The lowest BCUT2D eigenvalue weighted by Gasteiger charge is -2.34. The average molecular weight is 458 g/mol. The van der Waals surface area contributed by atoms with Crippen LogP contribution >= 0.6 is 0 Å². The fourth-order valence-corrected chi connectivity index (χ4v) is 6.77. The fourth-order valence-electron chi connectivity index (χ4n) is 5.30. The van der Waals surface area contributed by atoms with Gasteiger partial charge in [0.2, 0.25) is 27.7 Å². The van der Waals surface area contributed by atoms with E-state index in [4.69, 9.17) is 0 Å². The molecule has 0 spiro atoms. The number of hydrogen-bond donors (Lipinski definition) is 0.